The predicted octanol–water partition coefficient (Wildman–Crippen LogP) is -0.909. The maximum absolute atomic E-state index is 12.5. The SMILES string of the molecule is O=C(O)[C@@H]1CC(O)(F)CN1. The van der Waals surface area contributed by atoms with Crippen LogP contribution in [0.25, 0.3) is 0 Å². The average molecular weight is 149 g/mol. The number of carbonyl (C=O) groups is 1. The zero-order valence-electron chi connectivity index (χ0n) is 5.17. The minimum Gasteiger partial charge on any atom is -0.480 e. The van der Waals surface area contributed by atoms with E-state index in [1.807, 2.05) is 0 Å². The van der Waals surface area contributed by atoms with E-state index in [0.29, 0.717) is 0 Å². The third kappa shape index (κ3) is 1.43. The Labute approximate surface area is 56.7 Å². The lowest BCUT2D eigenvalue weighted by molar-refractivity contribution is -0.140. The first-order chi connectivity index (χ1) is 4.51. The van der Waals surface area contributed by atoms with Crippen LogP contribution in [0.1, 0.15) is 6.42 Å². The first-order valence-electron chi connectivity index (χ1n) is 2.89. The van der Waals surface area contributed by atoms with E-state index in [4.69, 9.17) is 10.2 Å². The summed E-state index contributed by atoms with van der Waals surface area (Å²) in [5, 5.41) is 19.2. The standard InChI is InChI=1S/C5H8FNO3/c6-5(10)1-3(4(8)9)7-2-5/h3,7,10H,1-2H2,(H,8,9)/t3-,5?/m0/s1. The van der Waals surface area contributed by atoms with Crippen molar-refractivity contribution in [3.63, 3.8) is 0 Å². The van der Waals surface area contributed by atoms with Crippen molar-refractivity contribution in [1.82, 2.24) is 5.32 Å². The lowest BCUT2D eigenvalue weighted by Crippen LogP contribution is -2.30. The molecule has 58 valence electrons. The van der Waals surface area contributed by atoms with Crippen LogP contribution in [0.15, 0.2) is 0 Å². The minimum atomic E-state index is -2.34. The number of alkyl halides is 1. The van der Waals surface area contributed by atoms with Gasteiger partial charge in [0.2, 0.25) is 5.85 Å². The lowest BCUT2D eigenvalue weighted by Gasteiger charge is -2.07. The summed E-state index contributed by atoms with van der Waals surface area (Å²) in [6.07, 6.45) is -0.373. The summed E-state index contributed by atoms with van der Waals surface area (Å²) in [7, 11) is 0. The number of halogens is 1. The molecule has 0 aliphatic carbocycles. The van der Waals surface area contributed by atoms with Gasteiger partial charge in [0.25, 0.3) is 0 Å². The molecular weight excluding hydrogens is 141 g/mol. The molecule has 0 saturated carbocycles. The fourth-order valence-corrected chi connectivity index (χ4v) is 0.911. The van der Waals surface area contributed by atoms with Gasteiger partial charge < -0.3 is 10.2 Å². The van der Waals surface area contributed by atoms with Crippen LogP contribution in [0.5, 0.6) is 0 Å². The summed E-state index contributed by atoms with van der Waals surface area (Å²) in [6.45, 7) is -0.302. The number of carboxylic acids is 1. The molecule has 3 N–H and O–H groups in total. The topological polar surface area (TPSA) is 69.6 Å². The van der Waals surface area contributed by atoms with Crippen LogP contribution in [0, 0.1) is 0 Å². The van der Waals surface area contributed by atoms with E-state index in [0.717, 1.165) is 0 Å². The van der Waals surface area contributed by atoms with Crippen LogP contribution in [-0.4, -0.2) is 34.6 Å². The molecule has 1 aliphatic rings. The summed E-state index contributed by atoms with van der Waals surface area (Å²) < 4.78 is 12.5. The quantitative estimate of drug-likeness (QED) is 0.451. The second-order valence-electron chi connectivity index (χ2n) is 2.39. The van der Waals surface area contributed by atoms with Crippen LogP contribution in [0.3, 0.4) is 0 Å². The smallest absolute Gasteiger partial charge is 0.320 e. The molecule has 1 fully saturated rings. The van der Waals surface area contributed by atoms with Gasteiger partial charge in [-0.05, 0) is 0 Å². The molecule has 0 aromatic heterocycles. The number of nitrogens with one attached hydrogen (secondary N) is 1. The van der Waals surface area contributed by atoms with Crippen LogP contribution < -0.4 is 5.32 Å². The van der Waals surface area contributed by atoms with E-state index < -0.39 is 17.9 Å². The molecule has 0 aromatic rings. The molecule has 1 aliphatic heterocycles. The highest BCUT2D eigenvalue weighted by atomic mass is 19.2. The molecule has 0 amide bonds. The van der Waals surface area contributed by atoms with E-state index in [-0.39, 0.29) is 13.0 Å². The van der Waals surface area contributed by atoms with Crippen LogP contribution in [0.2, 0.25) is 0 Å². The van der Waals surface area contributed by atoms with Gasteiger partial charge in [-0.15, -0.1) is 0 Å². The molecule has 0 aromatic carbocycles. The van der Waals surface area contributed by atoms with Crippen molar-refractivity contribution in [2.45, 2.75) is 18.3 Å². The van der Waals surface area contributed by atoms with E-state index in [9.17, 15) is 9.18 Å². The maximum Gasteiger partial charge on any atom is 0.320 e. The van der Waals surface area contributed by atoms with Crippen LogP contribution >= 0.6 is 0 Å². The van der Waals surface area contributed by atoms with E-state index >= 15 is 0 Å². The molecule has 4 nitrogen and oxygen atoms in total. The van der Waals surface area contributed by atoms with E-state index in [1.54, 1.807) is 0 Å². The molecule has 5 heteroatoms. The van der Waals surface area contributed by atoms with Gasteiger partial charge in [0, 0.05) is 6.42 Å². The number of carboxylic acid groups (broad SMARTS) is 1. The Morgan fingerprint density at radius 2 is 2.40 bits per heavy atom. The molecule has 1 rings (SSSR count). The number of hydrogen-bond acceptors (Lipinski definition) is 3. The molecule has 1 saturated heterocycles. The van der Waals surface area contributed by atoms with E-state index in [2.05, 4.69) is 5.32 Å². The van der Waals surface area contributed by atoms with Gasteiger partial charge in [-0.25, -0.2) is 4.39 Å². The first kappa shape index (κ1) is 7.43. The number of hydrogen-bond donors (Lipinski definition) is 3. The second-order valence-corrected chi connectivity index (χ2v) is 2.39. The van der Waals surface area contributed by atoms with Gasteiger partial charge >= 0.3 is 5.97 Å². The lowest BCUT2D eigenvalue weighted by atomic mass is 10.2. The van der Waals surface area contributed by atoms with Gasteiger partial charge in [-0.1, -0.05) is 0 Å². The van der Waals surface area contributed by atoms with Gasteiger partial charge in [-0.2, -0.15) is 0 Å². The van der Waals surface area contributed by atoms with Crippen molar-refractivity contribution in [2.75, 3.05) is 6.54 Å². The second kappa shape index (κ2) is 2.17. The fourth-order valence-electron chi connectivity index (χ4n) is 0.911. The molecule has 0 radical (unpaired) electrons. The van der Waals surface area contributed by atoms with Gasteiger partial charge in [0.15, 0.2) is 0 Å². The van der Waals surface area contributed by atoms with Gasteiger partial charge in [0.05, 0.1) is 6.54 Å². The number of rotatable bonds is 1. The Morgan fingerprint density at radius 3 is 2.60 bits per heavy atom. The number of aliphatic carboxylic acids is 1. The molecule has 10 heavy (non-hydrogen) atoms. The van der Waals surface area contributed by atoms with Crippen molar-refractivity contribution in [1.29, 1.82) is 0 Å². The summed E-state index contributed by atoms with van der Waals surface area (Å²) in [5.41, 5.74) is 0. The number of aliphatic hydroxyl groups is 1. The summed E-state index contributed by atoms with van der Waals surface area (Å²) in [4.78, 5) is 10.1. The Bertz CT molecular complexity index is 159. The minimum absolute atomic E-state index is 0.302. The predicted molar refractivity (Wildman–Crippen MR) is 30.1 cm³/mol. The Kier molecular flexibility index (Phi) is 1.61. The number of β-amino-alcohol motifs (C(OH)–C–C–N with tert-alkyl or cyclic N) is 1. The molecule has 1 heterocycles. The third-order valence-corrected chi connectivity index (χ3v) is 1.43. The monoisotopic (exact) mass is 149 g/mol. The summed E-state index contributed by atoms with van der Waals surface area (Å²) in [5.74, 6) is -3.48. The molecule has 2 atom stereocenters. The first-order valence-corrected chi connectivity index (χ1v) is 2.89. The van der Waals surface area contributed by atoms with Crippen molar-refractivity contribution in [3.05, 3.63) is 0 Å². The Hall–Kier alpha value is -0.680. The zero-order chi connectivity index (χ0) is 7.78. The van der Waals surface area contributed by atoms with Crippen molar-refractivity contribution >= 4 is 5.97 Å². The van der Waals surface area contributed by atoms with Gasteiger partial charge in [0.1, 0.15) is 6.04 Å². The maximum atomic E-state index is 12.5. The highest BCUT2D eigenvalue weighted by Gasteiger charge is 2.40. The summed E-state index contributed by atoms with van der Waals surface area (Å²) in [6, 6.07) is -0.949. The molecule has 0 spiro atoms. The molecule has 0 bridgehead atoms. The van der Waals surface area contributed by atoms with Crippen molar-refractivity contribution < 1.29 is 19.4 Å². The highest BCUT2D eigenvalue weighted by molar-refractivity contribution is 5.74. The highest BCUT2D eigenvalue weighted by Crippen LogP contribution is 2.19. The fraction of sp³-hybridized carbons (Fsp3) is 0.800. The Morgan fingerprint density at radius 1 is 1.80 bits per heavy atom. The van der Waals surface area contributed by atoms with Gasteiger partial charge in [-0.3, -0.25) is 10.1 Å². The van der Waals surface area contributed by atoms with Crippen molar-refractivity contribution in [2.24, 2.45) is 0 Å². The van der Waals surface area contributed by atoms with Crippen molar-refractivity contribution in [3.8, 4) is 0 Å². The zero-order valence-corrected chi connectivity index (χ0v) is 5.17. The molecule has 1 unspecified atom stereocenters. The third-order valence-electron chi connectivity index (χ3n) is 1.43. The largest absolute Gasteiger partial charge is 0.480 e. The Balaban J connectivity index is 2.51. The molecular formula is C5H8FNO3. The van der Waals surface area contributed by atoms with Crippen LogP contribution in [-0.2, 0) is 4.79 Å². The van der Waals surface area contributed by atoms with Crippen LogP contribution in [0.4, 0.5) is 4.39 Å². The summed E-state index contributed by atoms with van der Waals surface area (Å²) >= 11 is 0. The average Bonchev–Trinajstić information content (AvgIpc) is 2.10. The van der Waals surface area contributed by atoms with E-state index in [1.165, 1.54) is 0 Å². The normalized spacial score (nSPS) is 40.0.